The molecule has 0 aliphatic carbocycles. The number of carbonyl (C=O) groups excluding carboxylic acids is 1. The molecule has 2 atom stereocenters. The van der Waals surface area contributed by atoms with Crippen molar-refractivity contribution in [3.05, 3.63) is 115 Å². The van der Waals surface area contributed by atoms with Crippen LogP contribution in [0.5, 0.6) is 0 Å². The minimum Gasteiger partial charge on any atom is -0.456 e. The summed E-state index contributed by atoms with van der Waals surface area (Å²) in [5, 5.41) is 0. The fourth-order valence-electron chi connectivity index (χ4n) is 5.15. The van der Waals surface area contributed by atoms with Gasteiger partial charge in [0.1, 0.15) is 11.8 Å². The average molecular weight is 495 g/mol. The van der Waals surface area contributed by atoms with E-state index in [0.29, 0.717) is 13.2 Å². The molecule has 3 aromatic carbocycles. The molecule has 1 saturated heterocycles. The molecule has 5 rings (SSSR count). The van der Waals surface area contributed by atoms with Crippen LogP contribution in [0.3, 0.4) is 0 Å². The van der Waals surface area contributed by atoms with Crippen molar-refractivity contribution in [1.82, 2.24) is 9.47 Å². The van der Waals surface area contributed by atoms with Crippen LogP contribution in [0.2, 0.25) is 0 Å². The number of hydrogen-bond acceptors (Lipinski definition) is 4. The first kappa shape index (κ1) is 25.0. The molecule has 190 valence electrons. The van der Waals surface area contributed by atoms with Gasteiger partial charge in [0, 0.05) is 43.2 Å². The van der Waals surface area contributed by atoms with Gasteiger partial charge in [-0.15, -0.1) is 0 Å². The first-order chi connectivity index (χ1) is 17.9. The largest absolute Gasteiger partial charge is 0.456 e. The second-order valence-electron chi connectivity index (χ2n) is 10.1. The summed E-state index contributed by atoms with van der Waals surface area (Å²) >= 11 is 0. The number of rotatable bonds is 8. The molecule has 2 unspecified atom stereocenters. The normalized spacial score (nSPS) is 18.0. The second kappa shape index (κ2) is 10.8. The van der Waals surface area contributed by atoms with E-state index in [4.69, 9.17) is 9.47 Å². The van der Waals surface area contributed by atoms with E-state index in [1.165, 1.54) is 23.6 Å². The van der Waals surface area contributed by atoms with Gasteiger partial charge in [0.05, 0.1) is 6.61 Å². The smallest absolute Gasteiger partial charge is 0.303 e. The van der Waals surface area contributed by atoms with E-state index in [0.717, 1.165) is 17.7 Å². The quantitative estimate of drug-likeness (QED) is 0.265. The third kappa shape index (κ3) is 5.85. The number of benzene rings is 3. The van der Waals surface area contributed by atoms with Gasteiger partial charge in [-0.1, -0.05) is 72.8 Å². The predicted octanol–water partition coefficient (Wildman–Crippen LogP) is 6.43. The Bertz CT molecular complexity index is 1310. The Hall–Kier alpha value is -3.67. The summed E-state index contributed by atoms with van der Waals surface area (Å²) < 4.78 is 14.1. The van der Waals surface area contributed by atoms with Gasteiger partial charge in [-0.3, -0.25) is 9.69 Å². The third-order valence-electron chi connectivity index (χ3n) is 7.11. The highest BCUT2D eigenvalue weighted by Crippen LogP contribution is 2.33. The number of aromatic nitrogens is 1. The molecule has 1 aromatic heterocycles. The number of esters is 1. The Morgan fingerprint density at radius 2 is 1.59 bits per heavy atom. The van der Waals surface area contributed by atoms with Crippen LogP contribution < -0.4 is 0 Å². The summed E-state index contributed by atoms with van der Waals surface area (Å²) in [6.07, 6.45) is 4.56. The Kier molecular flexibility index (Phi) is 7.26. The molecule has 2 heterocycles. The van der Waals surface area contributed by atoms with Crippen LogP contribution in [0, 0.1) is 0 Å². The minimum atomic E-state index is -0.451. The molecule has 1 aliphatic heterocycles. The molecule has 0 radical (unpaired) electrons. The molecule has 0 bridgehead atoms. The molecule has 4 aromatic rings. The van der Waals surface area contributed by atoms with E-state index >= 15 is 0 Å². The van der Waals surface area contributed by atoms with Gasteiger partial charge in [-0.05, 0) is 55.2 Å². The van der Waals surface area contributed by atoms with E-state index < -0.39 is 11.8 Å². The molecule has 0 amide bonds. The first-order valence-corrected chi connectivity index (χ1v) is 12.8. The summed E-state index contributed by atoms with van der Waals surface area (Å²) in [7, 11) is 0. The Labute approximate surface area is 219 Å². The van der Waals surface area contributed by atoms with Crippen LogP contribution in [0.4, 0.5) is 0 Å². The van der Waals surface area contributed by atoms with Gasteiger partial charge in [0.15, 0.2) is 0 Å². The maximum Gasteiger partial charge on any atom is 0.303 e. The van der Waals surface area contributed by atoms with Crippen LogP contribution in [-0.2, 0) is 20.7 Å². The van der Waals surface area contributed by atoms with Crippen molar-refractivity contribution in [1.29, 1.82) is 0 Å². The van der Waals surface area contributed by atoms with Gasteiger partial charge >= 0.3 is 5.97 Å². The fraction of sp³-hybridized carbons (Fsp3) is 0.281. The number of ether oxygens (including phenoxy) is 2. The molecule has 0 saturated carbocycles. The van der Waals surface area contributed by atoms with Crippen LogP contribution >= 0.6 is 0 Å². The molecule has 0 spiro atoms. The Balaban J connectivity index is 1.36. The van der Waals surface area contributed by atoms with Crippen molar-refractivity contribution in [2.24, 2.45) is 0 Å². The van der Waals surface area contributed by atoms with E-state index in [2.05, 4.69) is 90.2 Å². The first-order valence-electron chi connectivity index (χ1n) is 12.8. The molecule has 1 aliphatic rings. The van der Waals surface area contributed by atoms with E-state index in [9.17, 15) is 4.79 Å². The average Bonchev–Trinajstić information content (AvgIpc) is 3.50. The summed E-state index contributed by atoms with van der Waals surface area (Å²) in [5.74, 6) is -0.289. The highest BCUT2D eigenvalue weighted by Gasteiger charge is 2.42. The molecule has 5 heteroatoms. The van der Waals surface area contributed by atoms with Crippen molar-refractivity contribution in [3.63, 3.8) is 0 Å². The van der Waals surface area contributed by atoms with Crippen molar-refractivity contribution < 1.29 is 14.3 Å². The van der Waals surface area contributed by atoms with Crippen molar-refractivity contribution >= 4 is 5.97 Å². The third-order valence-corrected chi connectivity index (χ3v) is 7.11. The van der Waals surface area contributed by atoms with Crippen molar-refractivity contribution in [2.75, 3.05) is 13.2 Å². The lowest BCUT2D eigenvalue weighted by Crippen LogP contribution is -2.47. The van der Waals surface area contributed by atoms with E-state index in [-0.39, 0.29) is 12.0 Å². The predicted molar refractivity (Wildman–Crippen MR) is 146 cm³/mol. The lowest BCUT2D eigenvalue weighted by Gasteiger charge is -2.36. The zero-order valence-electron chi connectivity index (χ0n) is 21.7. The van der Waals surface area contributed by atoms with Crippen LogP contribution in [-0.4, -0.2) is 40.4 Å². The highest BCUT2D eigenvalue weighted by molar-refractivity contribution is 5.66. The Morgan fingerprint density at radius 1 is 0.946 bits per heavy atom. The summed E-state index contributed by atoms with van der Waals surface area (Å²) in [5.41, 5.74) is 5.21. The topological polar surface area (TPSA) is 43.7 Å². The second-order valence-corrected chi connectivity index (χ2v) is 10.1. The van der Waals surface area contributed by atoms with E-state index in [1.54, 1.807) is 0 Å². The number of nitrogens with zero attached hydrogens (tertiary/aromatic N) is 2. The molecule has 5 nitrogen and oxygen atoms in total. The highest BCUT2D eigenvalue weighted by atomic mass is 16.5. The van der Waals surface area contributed by atoms with Gasteiger partial charge in [0.25, 0.3) is 0 Å². The van der Waals surface area contributed by atoms with Gasteiger partial charge in [-0.2, -0.15) is 0 Å². The lowest BCUT2D eigenvalue weighted by molar-refractivity contribution is -0.150. The van der Waals surface area contributed by atoms with E-state index in [1.807, 2.05) is 36.5 Å². The monoisotopic (exact) mass is 494 g/mol. The number of hydrogen-bond donors (Lipinski definition) is 0. The fourth-order valence-corrected chi connectivity index (χ4v) is 5.15. The zero-order valence-corrected chi connectivity index (χ0v) is 21.7. The zero-order chi connectivity index (χ0) is 25.8. The van der Waals surface area contributed by atoms with Crippen LogP contribution in [0.25, 0.3) is 16.8 Å². The molecule has 1 fully saturated rings. The van der Waals surface area contributed by atoms with Crippen LogP contribution in [0.15, 0.2) is 103 Å². The lowest BCUT2D eigenvalue weighted by atomic mass is 10.0. The summed E-state index contributed by atoms with van der Waals surface area (Å²) in [4.78, 5) is 14.4. The molecule has 0 N–H and O–H groups in total. The van der Waals surface area contributed by atoms with Gasteiger partial charge < -0.3 is 14.0 Å². The SMILES string of the molecule is CC(=O)OC(CN1C(Cc2ccccc2)COC1(C)C)c1ccn(-c2ccc(-c3ccccc3)cc2)c1. The summed E-state index contributed by atoms with van der Waals surface area (Å²) in [6, 6.07) is 31.5. The molecule has 37 heavy (non-hydrogen) atoms. The van der Waals surface area contributed by atoms with Crippen LogP contribution in [0.1, 0.15) is 38.0 Å². The maximum atomic E-state index is 12.1. The van der Waals surface area contributed by atoms with Gasteiger partial charge in [-0.25, -0.2) is 0 Å². The van der Waals surface area contributed by atoms with Crippen molar-refractivity contribution in [2.45, 2.75) is 45.1 Å². The van der Waals surface area contributed by atoms with Gasteiger partial charge in [0.2, 0.25) is 0 Å². The maximum absolute atomic E-state index is 12.1. The molecular formula is C32H34N2O3. The van der Waals surface area contributed by atoms with Crippen molar-refractivity contribution in [3.8, 4) is 16.8 Å². The standard InChI is InChI=1S/C32H34N2O3/c1-24(35)37-31(22-34-30(23-36-32(34,2)3)20-25-10-6-4-7-11-25)28-18-19-33(21-28)29-16-14-27(15-17-29)26-12-8-5-9-13-26/h4-19,21,30-31H,20,22-23H2,1-3H3. The Morgan fingerprint density at radius 3 is 2.27 bits per heavy atom. The number of carbonyl (C=O) groups is 1. The minimum absolute atomic E-state index is 0.197. The summed E-state index contributed by atoms with van der Waals surface area (Å²) in [6.45, 7) is 6.84. The molecular weight excluding hydrogens is 460 g/mol.